The lowest BCUT2D eigenvalue weighted by molar-refractivity contribution is -0.148. The third-order valence-corrected chi connectivity index (χ3v) is 5.46. The maximum Gasteiger partial charge on any atom is 0.337 e. The Morgan fingerprint density at radius 1 is 1.13 bits per heavy atom. The highest BCUT2D eigenvalue weighted by Gasteiger charge is 2.43. The number of Topliss-reactive ketones (excluding diaryl/α,β-unsaturated/α-hetero) is 1. The normalized spacial score (nSPS) is 21.0. The highest BCUT2D eigenvalue weighted by molar-refractivity contribution is 6.08. The number of rotatable bonds is 7. The molecule has 1 aromatic rings. The molecule has 7 heteroatoms. The van der Waals surface area contributed by atoms with E-state index < -0.39 is 23.8 Å². The van der Waals surface area contributed by atoms with Crippen molar-refractivity contribution in [3.63, 3.8) is 0 Å². The van der Waals surface area contributed by atoms with Crippen LogP contribution in [0.2, 0.25) is 0 Å². The SMILES string of the molecule is CCOCCOC(=O)C1C(C)=NC2=C(C(=O)CCC2)[C@@H]1c1ccc(C(=O)OC)cc1. The molecule has 0 radical (unpaired) electrons. The lowest BCUT2D eigenvalue weighted by Gasteiger charge is -2.34. The van der Waals surface area contributed by atoms with Gasteiger partial charge >= 0.3 is 11.9 Å². The first-order valence-corrected chi connectivity index (χ1v) is 10.2. The monoisotopic (exact) mass is 413 g/mol. The molecular formula is C23H27NO6. The predicted octanol–water partition coefficient (Wildman–Crippen LogP) is 3.23. The fourth-order valence-electron chi connectivity index (χ4n) is 4.05. The second-order valence-corrected chi connectivity index (χ2v) is 7.32. The number of carbonyl (C=O) groups is 3. The molecule has 1 aromatic carbocycles. The van der Waals surface area contributed by atoms with E-state index in [9.17, 15) is 14.4 Å². The Morgan fingerprint density at radius 2 is 1.87 bits per heavy atom. The maximum absolute atomic E-state index is 13.0. The lowest BCUT2D eigenvalue weighted by atomic mass is 9.71. The number of esters is 2. The van der Waals surface area contributed by atoms with Crippen LogP contribution in [-0.4, -0.2) is 50.4 Å². The lowest BCUT2D eigenvalue weighted by Crippen LogP contribution is -2.37. The van der Waals surface area contributed by atoms with Gasteiger partial charge in [-0.05, 0) is 44.4 Å². The van der Waals surface area contributed by atoms with Crippen LogP contribution < -0.4 is 0 Å². The summed E-state index contributed by atoms with van der Waals surface area (Å²) in [6, 6.07) is 6.82. The first kappa shape index (κ1) is 21.9. The van der Waals surface area contributed by atoms with Crippen molar-refractivity contribution in [2.45, 2.75) is 39.0 Å². The number of ketones is 1. The Labute approximate surface area is 176 Å². The van der Waals surface area contributed by atoms with Crippen molar-refractivity contribution in [1.82, 2.24) is 0 Å². The molecule has 0 saturated carbocycles. The van der Waals surface area contributed by atoms with Gasteiger partial charge in [-0.3, -0.25) is 14.6 Å². The number of allylic oxidation sites excluding steroid dienone is 2. The molecule has 0 saturated heterocycles. The standard InChI is InChI=1S/C23H27NO6/c1-4-29-12-13-30-23(27)19-14(2)24-17-6-5-7-18(25)21(17)20(19)15-8-10-16(11-9-15)22(26)28-3/h8-11,19-20H,4-7,12-13H2,1-3H3/t19?,20-/m1/s1. The molecule has 3 rings (SSSR count). The minimum Gasteiger partial charge on any atom is -0.465 e. The highest BCUT2D eigenvalue weighted by atomic mass is 16.6. The van der Waals surface area contributed by atoms with Gasteiger partial charge in [-0.1, -0.05) is 12.1 Å². The molecule has 0 N–H and O–H groups in total. The Balaban J connectivity index is 1.97. The van der Waals surface area contributed by atoms with Crippen molar-refractivity contribution in [2.24, 2.45) is 10.9 Å². The molecule has 1 heterocycles. The molecule has 1 unspecified atom stereocenters. The van der Waals surface area contributed by atoms with E-state index in [2.05, 4.69) is 4.99 Å². The molecule has 2 atom stereocenters. The van der Waals surface area contributed by atoms with Gasteiger partial charge in [0, 0.05) is 35.9 Å². The largest absolute Gasteiger partial charge is 0.465 e. The Hall–Kier alpha value is -2.80. The summed E-state index contributed by atoms with van der Waals surface area (Å²) in [4.78, 5) is 42.2. The Morgan fingerprint density at radius 3 is 2.53 bits per heavy atom. The van der Waals surface area contributed by atoms with Crippen LogP contribution >= 0.6 is 0 Å². The van der Waals surface area contributed by atoms with Crippen LogP contribution in [0.1, 0.15) is 54.9 Å². The van der Waals surface area contributed by atoms with Crippen molar-refractivity contribution < 1.29 is 28.6 Å². The average Bonchev–Trinajstić information content (AvgIpc) is 2.75. The molecule has 2 aliphatic rings. The van der Waals surface area contributed by atoms with Gasteiger partial charge in [-0.15, -0.1) is 0 Å². The van der Waals surface area contributed by atoms with E-state index in [0.717, 1.165) is 17.7 Å². The van der Waals surface area contributed by atoms with Crippen LogP contribution in [0.15, 0.2) is 40.5 Å². The van der Waals surface area contributed by atoms with Crippen LogP contribution in [0.4, 0.5) is 0 Å². The van der Waals surface area contributed by atoms with E-state index in [-0.39, 0.29) is 12.4 Å². The molecule has 1 aliphatic heterocycles. The van der Waals surface area contributed by atoms with E-state index in [1.54, 1.807) is 31.2 Å². The number of aliphatic imine (C=N–C) groups is 1. The zero-order chi connectivity index (χ0) is 21.7. The number of methoxy groups -OCH3 is 1. The zero-order valence-electron chi connectivity index (χ0n) is 17.6. The van der Waals surface area contributed by atoms with Gasteiger partial charge in [-0.2, -0.15) is 0 Å². The summed E-state index contributed by atoms with van der Waals surface area (Å²) in [6.45, 7) is 4.67. The van der Waals surface area contributed by atoms with Gasteiger partial charge in [0.2, 0.25) is 0 Å². The van der Waals surface area contributed by atoms with Crippen molar-refractivity contribution in [3.05, 3.63) is 46.7 Å². The van der Waals surface area contributed by atoms with Gasteiger partial charge in [0.25, 0.3) is 0 Å². The first-order chi connectivity index (χ1) is 14.5. The first-order valence-electron chi connectivity index (χ1n) is 10.2. The summed E-state index contributed by atoms with van der Waals surface area (Å²) in [5, 5.41) is 0. The third kappa shape index (κ3) is 4.51. The van der Waals surface area contributed by atoms with E-state index in [1.165, 1.54) is 7.11 Å². The van der Waals surface area contributed by atoms with E-state index in [1.807, 2.05) is 6.92 Å². The fraction of sp³-hybridized carbons (Fsp3) is 0.478. The molecular weight excluding hydrogens is 386 g/mol. The van der Waals surface area contributed by atoms with Crippen molar-refractivity contribution in [2.75, 3.05) is 26.9 Å². The van der Waals surface area contributed by atoms with Crippen LogP contribution in [0.5, 0.6) is 0 Å². The zero-order valence-corrected chi connectivity index (χ0v) is 17.6. The number of benzene rings is 1. The number of hydrogen-bond donors (Lipinski definition) is 0. The summed E-state index contributed by atoms with van der Waals surface area (Å²) < 4.78 is 15.4. The number of nitrogens with zero attached hydrogens (tertiary/aromatic N) is 1. The summed E-state index contributed by atoms with van der Waals surface area (Å²) in [5.74, 6) is -2.04. The number of ether oxygens (including phenoxy) is 3. The van der Waals surface area contributed by atoms with Crippen LogP contribution in [-0.2, 0) is 23.8 Å². The van der Waals surface area contributed by atoms with Gasteiger partial charge < -0.3 is 14.2 Å². The molecule has 0 bridgehead atoms. The van der Waals surface area contributed by atoms with Crippen LogP contribution in [0.3, 0.4) is 0 Å². The van der Waals surface area contributed by atoms with Gasteiger partial charge in [0.05, 0.1) is 19.3 Å². The minimum absolute atomic E-state index is 0.0154. The molecule has 0 amide bonds. The smallest absolute Gasteiger partial charge is 0.337 e. The van der Waals surface area contributed by atoms with Crippen LogP contribution in [0, 0.1) is 5.92 Å². The topological polar surface area (TPSA) is 91.3 Å². The molecule has 30 heavy (non-hydrogen) atoms. The minimum atomic E-state index is -0.698. The summed E-state index contributed by atoms with van der Waals surface area (Å²) in [5.41, 5.74) is 3.15. The van der Waals surface area contributed by atoms with Crippen molar-refractivity contribution in [1.29, 1.82) is 0 Å². The summed E-state index contributed by atoms with van der Waals surface area (Å²) >= 11 is 0. The Kier molecular flexibility index (Phi) is 7.15. The number of carbonyl (C=O) groups excluding carboxylic acids is 3. The van der Waals surface area contributed by atoms with Gasteiger partial charge in [0.15, 0.2) is 5.78 Å². The van der Waals surface area contributed by atoms with Crippen molar-refractivity contribution in [3.8, 4) is 0 Å². The predicted molar refractivity (Wildman–Crippen MR) is 110 cm³/mol. The molecule has 160 valence electrons. The highest BCUT2D eigenvalue weighted by Crippen LogP contribution is 2.43. The fourth-order valence-corrected chi connectivity index (χ4v) is 4.05. The molecule has 7 nitrogen and oxygen atoms in total. The van der Waals surface area contributed by atoms with E-state index in [4.69, 9.17) is 14.2 Å². The molecule has 0 fully saturated rings. The molecule has 0 aromatic heterocycles. The average molecular weight is 413 g/mol. The molecule has 1 aliphatic carbocycles. The van der Waals surface area contributed by atoms with Crippen molar-refractivity contribution >= 4 is 23.4 Å². The van der Waals surface area contributed by atoms with Gasteiger partial charge in [-0.25, -0.2) is 4.79 Å². The van der Waals surface area contributed by atoms with Gasteiger partial charge in [0.1, 0.15) is 12.5 Å². The van der Waals surface area contributed by atoms with Crippen LogP contribution in [0.25, 0.3) is 0 Å². The Bertz CT molecular complexity index is 883. The maximum atomic E-state index is 13.0. The summed E-state index contributed by atoms with van der Waals surface area (Å²) in [6.07, 6.45) is 1.91. The second kappa shape index (κ2) is 9.80. The quantitative estimate of drug-likeness (QED) is 0.503. The van der Waals surface area contributed by atoms with E-state index >= 15 is 0 Å². The number of hydrogen-bond acceptors (Lipinski definition) is 7. The third-order valence-electron chi connectivity index (χ3n) is 5.46. The van der Waals surface area contributed by atoms with E-state index in [0.29, 0.717) is 42.9 Å². The molecule has 0 spiro atoms. The summed E-state index contributed by atoms with van der Waals surface area (Å²) in [7, 11) is 1.32. The second-order valence-electron chi connectivity index (χ2n) is 7.32.